The first-order chi connectivity index (χ1) is 27.1. The zero-order valence-electron chi connectivity index (χ0n) is 33.2. The summed E-state index contributed by atoms with van der Waals surface area (Å²) in [5.74, 6) is 3.46. The van der Waals surface area contributed by atoms with Crippen molar-refractivity contribution in [3.8, 4) is 23.0 Å². The third kappa shape index (κ3) is 11.0. The lowest BCUT2D eigenvalue weighted by molar-refractivity contribution is 0.105. The number of hydrogen-bond donors (Lipinski definition) is 0. The van der Waals surface area contributed by atoms with Crippen molar-refractivity contribution in [1.82, 2.24) is 0 Å². The zero-order valence-corrected chi connectivity index (χ0v) is 33.2. The molecule has 2 heterocycles. The molecule has 0 radical (unpaired) electrons. The molecule has 55 heavy (non-hydrogen) atoms. The molecule has 4 aromatic carbocycles. The van der Waals surface area contributed by atoms with E-state index in [0.29, 0.717) is 118 Å². The van der Waals surface area contributed by atoms with E-state index >= 15 is 0 Å². The highest BCUT2D eigenvalue weighted by Crippen LogP contribution is 2.40. The quantitative estimate of drug-likeness (QED) is 0.0734. The minimum Gasteiger partial charge on any atom is -0.491 e. The Hall–Kier alpha value is -4.12. The van der Waals surface area contributed by atoms with E-state index in [1.165, 1.54) is 0 Å². The van der Waals surface area contributed by atoms with Crippen LogP contribution in [0.1, 0.15) is 83.3 Å². The lowest BCUT2D eigenvalue weighted by Gasteiger charge is -2.24. The van der Waals surface area contributed by atoms with Gasteiger partial charge in [-0.1, -0.05) is 36.4 Å². The highest BCUT2D eigenvalue weighted by molar-refractivity contribution is 5.57. The van der Waals surface area contributed by atoms with E-state index < -0.39 is 0 Å². The van der Waals surface area contributed by atoms with E-state index in [-0.39, 0.29) is 0 Å². The van der Waals surface area contributed by atoms with Crippen molar-refractivity contribution < 1.29 is 42.6 Å². The second-order valence-corrected chi connectivity index (χ2v) is 13.7. The van der Waals surface area contributed by atoms with Gasteiger partial charge in [-0.05, 0) is 108 Å². The van der Waals surface area contributed by atoms with Gasteiger partial charge < -0.3 is 42.6 Å². The van der Waals surface area contributed by atoms with Crippen LogP contribution in [-0.4, -0.2) is 79.3 Å². The Labute approximate surface area is 327 Å². The zero-order chi connectivity index (χ0) is 38.2. The van der Waals surface area contributed by atoms with Crippen molar-refractivity contribution in [1.29, 1.82) is 0 Å². The maximum Gasteiger partial charge on any atom is 0.126 e. The molecule has 0 saturated heterocycles. The predicted octanol–water partition coefficient (Wildman–Crippen LogP) is 8.05. The van der Waals surface area contributed by atoms with Crippen molar-refractivity contribution in [2.24, 2.45) is 0 Å². The molecular formula is C46H58O9. The minimum absolute atomic E-state index is 0.432. The average molecular weight is 755 g/mol. The normalized spacial score (nSPS) is 13.4. The second kappa shape index (κ2) is 21.3. The first kappa shape index (κ1) is 40.5. The van der Waals surface area contributed by atoms with E-state index in [0.717, 1.165) is 78.6 Å². The molecule has 0 aromatic heterocycles. The summed E-state index contributed by atoms with van der Waals surface area (Å²) in [6, 6.07) is 21.8. The third-order valence-corrected chi connectivity index (χ3v) is 9.74. The number of hydrogen-bond acceptors (Lipinski definition) is 9. The summed E-state index contributed by atoms with van der Waals surface area (Å²) in [6.45, 7) is 15.2. The van der Waals surface area contributed by atoms with Crippen molar-refractivity contribution in [3.05, 3.63) is 116 Å². The topological polar surface area (TPSA) is 83.1 Å². The Morgan fingerprint density at radius 2 is 0.655 bits per heavy atom. The van der Waals surface area contributed by atoms with Crippen molar-refractivity contribution in [2.45, 2.75) is 66.6 Å². The molecule has 0 atom stereocenters. The van der Waals surface area contributed by atoms with E-state index in [4.69, 9.17) is 42.6 Å². The summed E-state index contributed by atoms with van der Waals surface area (Å²) in [6.07, 6.45) is 2.40. The summed E-state index contributed by atoms with van der Waals surface area (Å²) < 4.78 is 56.2. The van der Waals surface area contributed by atoms with Crippen molar-refractivity contribution >= 4 is 0 Å². The van der Waals surface area contributed by atoms with Gasteiger partial charge in [0.05, 0.1) is 39.6 Å². The van der Waals surface area contributed by atoms with Crippen LogP contribution < -0.4 is 18.9 Å². The fourth-order valence-corrected chi connectivity index (χ4v) is 7.41. The molecule has 0 N–H and O–H groups in total. The maximum atomic E-state index is 6.71. The van der Waals surface area contributed by atoms with Crippen molar-refractivity contribution in [2.75, 3.05) is 79.3 Å². The number of para-hydroxylation sites is 2. The molecule has 2 aliphatic rings. The van der Waals surface area contributed by atoms with Gasteiger partial charge >= 0.3 is 0 Å². The fraction of sp³-hybridized carbons (Fsp3) is 0.478. The Morgan fingerprint density at radius 1 is 0.382 bits per heavy atom. The molecule has 6 rings (SSSR count). The van der Waals surface area contributed by atoms with Crippen LogP contribution in [0.4, 0.5) is 0 Å². The number of rotatable bonds is 20. The molecule has 4 aromatic rings. The molecule has 2 aliphatic heterocycles. The number of fused-ring (bicyclic) bond motifs is 10. The summed E-state index contributed by atoms with van der Waals surface area (Å²) >= 11 is 0. The summed E-state index contributed by atoms with van der Waals surface area (Å²) in [7, 11) is 0. The smallest absolute Gasteiger partial charge is 0.126 e. The van der Waals surface area contributed by atoms with Gasteiger partial charge in [0.2, 0.25) is 0 Å². The van der Waals surface area contributed by atoms with Crippen LogP contribution in [0, 0.1) is 0 Å². The first-order valence-corrected chi connectivity index (χ1v) is 20.0. The van der Waals surface area contributed by atoms with Crippen LogP contribution in [0.25, 0.3) is 0 Å². The summed E-state index contributed by atoms with van der Waals surface area (Å²) in [5, 5.41) is 0. The Morgan fingerprint density at radius 3 is 0.927 bits per heavy atom. The molecule has 9 nitrogen and oxygen atoms in total. The van der Waals surface area contributed by atoms with Crippen LogP contribution in [0.3, 0.4) is 0 Å². The fourth-order valence-electron chi connectivity index (χ4n) is 7.41. The van der Waals surface area contributed by atoms with E-state index in [1.807, 2.05) is 27.7 Å². The van der Waals surface area contributed by atoms with Crippen LogP contribution in [0.2, 0.25) is 0 Å². The molecule has 0 aliphatic carbocycles. The lowest BCUT2D eigenvalue weighted by Crippen LogP contribution is -2.15. The highest BCUT2D eigenvalue weighted by Gasteiger charge is 2.24. The van der Waals surface area contributed by atoms with Crippen molar-refractivity contribution in [3.63, 3.8) is 0 Å². The Kier molecular flexibility index (Phi) is 15.7. The van der Waals surface area contributed by atoms with E-state index in [2.05, 4.69) is 60.7 Å². The standard InChI is InChI=1S/C46H58O9/c1-5-47-15-19-52-43-35-11-9-12-36(43)28-40-24-34-26-42(46(40)55-22-18-50-8-4)30-38-14-10-13-37(44(38)53-20-16-48-6-2)29-41-25-33(31-51-32-34)23-39(27-35)45(41)54-21-17-49-7-3/h9-14,23-26H,5-8,15-22,27-32H2,1-4H3. The minimum atomic E-state index is 0.432. The number of benzene rings is 4. The van der Waals surface area contributed by atoms with Gasteiger partial charge in [0.25, 0.3) is 0 Å². The molecule has 0 fully saturated rings. The van der Waals surface area contributed by atoms with E-state index in [9.17, 15) is 0 Å². The third-order valence-electron chi connectivity index (χ3n) is 9.74. The first-order valence-electron chi connectivity index (χ1n) is 20.0. The largest absolute Gasteiger partial charge is 0.491 e. The summed E-state index contributed by atoms with van der Waals surface area (Å²) in [5.41, 5.74) is 10.7. The Bertz CT molecular complexity index is 1600. The lowest BCUT2D eigenvalue weighted by atomic mass is 9.89. The van der Waals surface area contributed by atoms with Gasteiger partial charge in [-0.3, -0.25) is 0 Å². The summed E-state index contributed by atoms with van der Waals surface area (Å²) in [4.78, 5) is 0. The van der Waals surface area contributed by atoms with Crippen LogP contribution in [-0.2, 0) is 62.6 Å². The van der Waals surface area contributed by atoms with E-state index in [1.54, 1.807) is 0 Å². The average Bonchev–Trinajstić information content (AvgIpc) is 3.18. The maximum absolute atomic E-state index is 6.71. The number of ether oxygens (including phenoxy) is 9. The van der Waals surface area contributed by atoms with Gasteiger partial charge in [-0.2, -0.15) is 0 Å². The molecule has 0 amide bonds. The SMILES string of the molecule is CCOCCOc1c2cccc1Cc1cc3cc(c1OCCOCC)Cc1cccc(c1OCCOCC)Cc1cc(cc(c1OCCOCC)C2)COC3. The van der Waals surface area contributed by atoms with Crippen LogP contribution >= 0.6 is 0 Å². The Balaban J connectivity index is 1.58. The van der Waals surface area contributed by atoms with Crippen LogP contribution in [0.5, 0.6) is 23.0 Å². The molecule has 296 valence electrons. The molecular weight excluding hydrogens is 696 g/mol. The molecule has 0 saturated carbocycles. The van der Waals surface area contributed by atoms with Gasteiger partial charge in [0.1, 0.15) is 49.4 Å². The molecule has 0 unspecified atom stereocenters. The van der Waals surface area contributed by atoms with Gasteiger partial charge in [0.15, 0.2) is 0 Å². The second-order valence-electron chi connectivity index (χ2n) is 13.7. The van der Waals surface area contributed by atoms with Gasteiger partial charge in [-0.25, -0.2) is 0 Å². The monoisotopic (exact) mass is 754 g/mol. The molecule has 10 bridgehead atoms. The molecule has 0 spiro atoms. The highest BCUT2D eigenvalue weighted by atomic mass is 16.5. The van der Waals surface area contributed by atoms with Gasteiger partial charge in [-0.15, -0.1) is 0 Å². The molecule has 9 heteroatoms. The predicted molar refractivity (Wildman–Crippen MR) is 213 cm³/mol. The van der Waals surface area contributed by atoms with Crippen LogP contribution in [0.15, 0.2) is 60.7 Å². The van der Waals surface area contributed by atoms with Gasteiger partial charge in [0, 0.05) is 52.1 Å².